The van der Waals surface area contributed by atoms with Gasteiger partial charge in [-0.3, -0.25) is 20.0 Å². The van der Waals surface area contributed by atoms with Gasteiger partial charge in [0.15, 0.2) is 6.29 Å². The summed E-state index contributed by atoms with van der Waals surface area (Å²) in [5.74, 6) is -0.139. The van der Waals surface area contributed by atoms with Crippen LogP contribution in [-0.4, -0.2) is 76.0 Å². The summed E-state index contributed by atoms with van der Waals surface area (Å²) in [5, 5.41) is 12.7. The van der Waals surface area contributed by atoms with Crippen molar-refractivity contribution in [2.75, 3.05) is 20.1 Å². The topological polar surface area (TPSA) is 71.5 Å². The summed E-state index contributed by atoms with van der Waals surface area (Å²) in [5.41, 5.74) is 2.12. The van der Waals surface area contributed by atoms with Gasteiger partial charge in [-0.05, 0) is 30.2 Å². The Morgan fingerprint density at radius 3 is 2.70 bits per heavy atom. The second kappa shape index (κ2) is 7.07. The lowest BCUT2D eigenvalue weighted by Gasteiger charge is -2.42. The van der Waals surface area contributed by atoms with Gasteiger partial charge in [-0.2, -0.15) is 5.10 Å². The number of urea groups is 1. The Morgan fingerprint density at radius 1 is 1.13 bits per heavy atom. The molecule has 3 heterocycles. The normalized spacial score (nSPS) is 26.8. The van der Waals surface area contributed by atoms with Gasteiger partial charge in [0.25, 0.3) is 5.91 Å². The molecule has 2 saturated heterocycles. The first-order valence-corrected chi connectivity index (χ1v) is 10.4. The van der Waals surface area contributed by atoms with Crippen molar-refractivity contribution in [2.45, 2.75) is 38.9 Å². The van der Waals surface area contributed by atoms with Crippen LogP contribution in [0.3, 0.4) is 0 Å². The zero-order valence-corrected chi connectivity index (χ0v) is 17.4. The molecule has 0 radical (unpaired) electrons. The Morgan fingerprint density at radius 2 is 1.90 bits per heavy atom. The van der Waals surface area contributed by atoms with Gasteiger partial charge < -0.3 is 4.90 Å². The Bertz CT molecular complexity index is 1050. The van der Waals surface area contributed by atoms with E-state index in [1.165, 1.54) is 21.2 Å². The molecule has 3 aliphatic heterocycles. The zero-order chi connectivity index (χ0) is 21.0. The maximum absolute atomic E-state index is 13.1. The first kappa shape index (κ1) is 19.0. The molecule has 2 fully saturated rings. The van der Waals surface area contributed by atoms with Crippen LogP contribution in [0.1, 0.15) is 19.4 Å². The lowest BCUT2D eigenvalue weighted by Crippen LogP contribution is -2.66. The third-order valence-electron chi connectivity index (χ3n) is 6.28. The Kier molecular flexibility index (Phi) is 4.48. The number of hydrogen-bond donors (Lipinski definition) is 1. The molecule has 3 atom stereocenters. The maximum atomic E-state index is 13.1. The molecule has 3 amide bonds. The van der Waals surface area contributed by atoms with E-state index in [4.69, 9.17) is 5.10 Å². The molecule has 0 saturated carbocycles. The van der Waals surface area contributed by atoms with Crippen molar-refractivity contribution in [3.63, 3.8) is 0 Å². The fourth-order valence-corrected chi connectivity index (χ4v) is 4.87. The number of fused-ring (bicyclic) bond motifs is 4. The van der Waals surface area contributed by atoms with Gasteiger partial charge in [-0.15, -0.1) is 0 Å². The SMILES string of the molecule is CCN1C(=O)C2C(NC3N(Cc4cccc5ccccc45)N=C(C)CN23)N(C)C1=O. The molecule has 156 valence electrons. The van der Waals surface area contributed by atoms with Crippen LogP contribution in [-0.2, 0) is 11.3 Å². The number of imide groups is 1. The summed E-state index contributed by atoms with van der Waals surface area (Å²) in [7, 11) is 1.75. The number of hydrazone groups is 1. The molecule has 3 aliphatic rings. The minimum Gasteiger partial charge on any atom is -0.310 e. The predicted molar refractivity (Wildman–Crippen MR) is 114 cm³/mol. The van der Waals surface area contributed by atoms with Crippen LogP contribution in [0.25, 0.3) is 10.8 Å². The quantitative estimate of drug-likeness (QED) is 0.842. The monoisotopic (exact) mass is 406 g/mol. The highest BCUT2D eigenvalue weighted by molar-refractivity contribution is 6.01. The molecular weight excluding hydrogens is 380 g/mol. The number of hydrogen-bond acceptors (Lipinski definition) is 6. The molecule has 8 nitrogen and oxygen atoms in total. The summed E-state index contributed by atoms with van der Waals surface area (Å²) < 4.78 is 0. The molecule has 2 aromatic carbocycles. The Labute approximate surface area is 175 Å². The molecular formula is C22H26N6O2. The second-order valence-electron chi connectivity index (χ2n) is 8.15. The highest BCUT2D eigenvalue weighted by Gasteiger charge is 2.56. The summed E-state index contributed by atoms with van der Waals surface area (Å²) in [6.45, 7) is 5.39. The van der Waals surface area contributed by atoms with Crippen LogP contribution in [0.5, 0.6) is 0 Å². The molecule has 8 heteroatoms. The molecule has 0 aromatic heterocycles. The van der Waals surface area contributed by atoms with E-state index in [1.54, 1.807) is 11.9 Å². The maximum Gasteiger partial charge on any atom is 0.327 e. The minimum absolute atomic E-state index is 0.139. The van der Waals surface area contributed by atoms with Crippen molar-refractivity contribution < 1.29 is 9.59 Å². The zero-order valence-electron chi connectivity index (χ0n) is 17.4. The summed E-state index contributed by atoms with van der Waals surface area (Å²) in [4.78, 5) is 30.9. The number of amides is 3. The van der Waals surface area contributed by atoms with E-state index in [9.17, 15) is 9.59 Å². The molecule has 30 heavy (non-hydrogen) atoms. The van der Waals surface area contributed by atoms with E-state index in [1.807, 2.05) is 31.0 Å². The fraction of sp³-hybridized carbons (Fsp3) is 0.409. The van der Waals surface area contributed by atoms with Crippen molar-refractivity contribution in [3.8, 4) is 0 Å². The second-order valence-corrected chi connectivity index (χ2v) is 8.15. The van der Waals surface area contributed by atoms with Crippen molar-refractivity contribution in [3.05, 3.63) is 48.0 Å². The molecule has 0 bridgehead atoms. The number of nitrogens with one attached hydrogen (secondary N) is 1. The van der Waals surface area contributed by atoms with Gasteiger partial charge in [0.2, 0.25) is 0 Å². The first-order valence-electron chi connectivity index (χ1n) is 10.4. The van der Waals surface area contributed by atoms with Crippen LogP contribution in [0.2, 0.25) is 0 Å². The van der Waals surface area contributed by atoms with E-state index in [-0.39, 0.29) is 24.4 Å². The van der Waals surface area contributed by atoms with Gasteiger partial charge in [-0.1, -0.05) is 42.5 Å². The number of benzene rings is 2. The number of nitrogens with zero attached hydrogens (tertiary/aromatic N) is 5. The van der Waals surface area contributed by atoms with Crippen LogP contribution in [0.15, 0.2) is 47.6 Å². The molecule has 0 aliphatic carbocycles. The highest BCUT2D eigenvalue weighted by Crippen LogP contribution is 2.31. The van der Waals surface area contributed by atoms with Gasteiger partial charge >= 0.3 is 6.03 Å². The molecule has 2 aromatic rings. The van der Waals surface area contributed by atoms with Crippen LogP contribution in [0.4, 0.5) is 4.79 Å². The van der Waals surface area contributed by atoms with E-state index >= 15 is 0 Å². The minimum atomic E-state index is -0.418. The summed E-state index contributed by atoms with van der Waals surface area (Å²) >= 11 is 0. The Balaban J connectivity index is 1.49. The molecule has 3 unspecified atom stereocenters. The van der Waals surface area contributed by atoms with Crippen LogP contribution in [0, 0.1) is 0 Å². The largest absolute Gasteiger partial charge is 0.327 e. The number of likely N-dealkylation sites (N-methyl/N-ethyl adjacent to an activating group) is 2. The van der Waals surface area contributed by atoms with Gasteiger partial charge in [0.1, 0.15) is 12.2 Å². The van der Waals surface area contributed by atoms with Crippen molar-refractivity contribution >= 4 is 28.4 Å². The van der Waals surface area contributed by atoms with Crippen LogP contribution < -0.4 is 5.32 Å². The van der Waals surface area contributed by atoms with E-state index in [0.717, 1.165) is 5.71 Å². The number of rotatable bonds is 3. The Hall–Kier alpha value is -2.97. The average Bonchev–Trinajstić information content (AvgIpc) is 3.13. The molecule has 1 N–H and O–H groups in total. The first-order chi connectivity index (χ1) is 14.5. The lowest BCUT2D eigenvalue weighted by molar-refractivity contribution is -0.138. The average molecular weight is 406 g/mol. The third kappa shape index (κ3) is 2.79. The lowest BCUT2D eigenvalue weighted by atomic mass is 10.0. The smallest absolute Gasteiger partial charge is 0.310 e. The standard InChI is InChI=1S/C22H26N6O2/c1-4-26-20(29)18-19(25(3)22(26)30)23-21-27(18)12-14(2)24-28(21)13-16-10-7-9-15-8-5-6-11-17(15)16/h5-11,18-19,21,23H,4,12-13H2,1-3H3. The van der Waals surface area contributed by atoms with E-state index < -0.39 is 6.04 Å². The van der Waals surface area contributed by atoms with Gasteiger partial charge in [0, 0.05) is 25.8 Å². The number of carbonyl (C=O) groups is 2. The number of carbonyl (C=O) groups excluding carboxylic acids is 2. The molecule has 0 spiro atoms. The van der Waals surface area contributed by atoms with Crippen molar-refractivity contribution in [2.24, 2.45) is 5.10 Å². The van der Waals surface area contributed by atoms with Crippen molar-refractivity contribution in [1.29, 1.82) is 0 Å². The third-order valence-corrected chi connectivity index (χ3v) is 6.28. The van der Waals surface area contributed by atoms with Gasteiger partial charge in [0.05, 0.1) is 6.54 Å². The predicted octanol–water partition coefficient (Wildman–Crippen LogP) is 1.83. The summed E-state index contributed by atoms with van der Waals surface area (Å²) in [6.07, 6.45) is -0.618. The van der Waals surface area contributed by atoms with Crippen molar-refractivity contribution in [1.82, 2.24) is 25.0 Å². The molecule has 5 rings (SSSR count). The summed E-state index contributed by atoms with van der Waals surface area (Å²) in [6, 6.07) is 13.9. The highest BCUT2D eigenvalue weighted by atomic mass is 16.2. The van der Waals surface area contributed by atoms with E-state index in [2.05, 4.69) is 40.5 Å². The van der Waals surface area contributed by atoms with Gasteiger partial charge in [-0.25, -0.2) is 9.69 Å². The van der Waals surface area contributed by atoms with Crippen LogP contribution >= 0.6 is 0 Å². The van der Waals surface area contributed by atoms with E-state index in [0.29, 0.717) is 19.6 Å². The fourth-order valence-electron chi connectivity index (χ4n) is 4.87.